The summed E-state index contributed by atoms with van der Waals surface area (Å²) in [4.78, 5) is 18.2. The van der Waals surface area contributed by atoms with Crippen molar-refractivity contribution < 1.29 is 16.8 Å². The van der Waals surface area contributed by atoms with E-state index in [0.717, 1.165) is 38.0 Å². The Bertz CT molecular complexity index is 2200. The lowest BCUT2D eigenvalue weighted by Crippen LogP contribution is -2.28. The van der Waals surface area contributed by atoms with Gasteiger partial charge in [-0.15, -0.1) is 11.3 Å². The summed E-state index contributed by atoms with van der Waals surface area (Å²) in [5, 5.41) is 1.54. The molecule has 0 unspecified atom stereocenters. The van der Waals surface area contributed by atoms with Gasteiger partial charge in [0.05, 0.1) is 25.7 Å². The van der Waals surface area contributed by atoms with Gasteiger partial charge in [-0.3, -0.25) is 4.98 Å². The van der Waals surface area contributed by atoms with Crippen molar-refractivity contribution in [3.8, 4) is 43.7 Å². The molecule has 6 aromatic rings. The highest BCUT2D eigenvalue weighted by molar-refractivity contribution is 7.91. The van der Waals surface area contributed by atoms with E-state index in [0.29, 0.717) is 22.1 Å². The van der Waals surface area contributed by atoms with E-state index in [2.05, 4.69) is 21.0 Å². The fourth-order valence-corrected chi connectivity index (χ4v) is 7.08. The zero-order chi connectivity index (χ0) is 30.6. The van der Waals surface area contributed by atoms with Crippen LogP contribution in [0.5, 0.6) is 0 Å². The molecule has 0 fully saturated rings. The molecule has 0 spiro atoms. The van der Waals surface area contributed by atoms with Crippen LogP contribution in [-0.4, -0.2) is 49.3 Å². The van der Waals surface area contributed by atoms with E-state index in [9.17, 15) is 16.8 Å². The van der Waals surface area contributed by atoms with Crippen LogP contribution in [0, 0.1) is 0 Å². The van der Waals surface area contributed by atoms with Gasteiger partial charge in [-0.25, -0.2) is 26.8 Å². The Labute approximate surface area is 254 Å². The predicted molar refractivity (Wildman–Crippen MR) is 172 cm³/mol. The Morgan fingerprint density at radius 3 is 2.21 bits per heavy atom. The molecule has 218 valence electrons. The number of nitrogens with one attached hydrogen (secondary N) is 1. The van der Waals surface area contributed by atoms with Crippen LogP contribution in [0.25, 0.3) is 54.6 Å². The van der Waals surface area contributed by atoms with Gasteiger partial charge in [0.1, 0.15) is 0 Å². The van der Waals surface area contributed by atoms with Crippen molar-refractivity contribution in [1.29, 1.82) is 0 Å². The summed E-state index contributed by atoms with van der Waals surface area (Å²) < 4.78 is 48.6. The average Bonchev–Trinajstić information content (AvgIpc) is 3.66. The summed E-state index contributed by atoms with van der Waals surface area (Å²) in [5.41, 5.74) is 5.51. The number of aromatic nitrogens is 4. The summed E-state index contributed by atoms with van der Waals surface area (Å²) in [5.74, 6) is 0.632. The summed E-state index contributed by atoms with van der Waals surface area (Å²) in [6.07, 6.45) is 7.57. The third kappa shape index (κ3) is 5.39. The number of imidazole rings is 1. The molecular formula is C32H28N4O4S3. The molecule has 11 heteroatoms. The minimum atomic E-state index is -3.42. The summed E-state index contributed by atoms with van der Waals surface area (Å²) in [6, 6.07) is 22.3. The lowest BCUT2D eigenvalue weighted by atomic mass is 9.92. The van der Waals surface area contributed by atoms with Crippen LogP contribution in [0.4, 0.5) is 0 Å². The van der Waals surface area contributed by atoms with Gasteiger partial charge >= 0.3 is 0 Å². The highest BCUT2D eigenvalue weighted by Gasteiger charge is 2.33. The molecule has 0 aliphatic carbocycles. The molecule has 0 saturated heterocycles. The van der Waals surface area contributed by atoms with Crippen LogP contribution in [0.3, 0.4) is 0 Å². The molecule has 0 atom stereocenters. The van der Waals surface area contributed by atoms with Gasteiger partial charge in [0, 0.05) is 47.6 Å². The van der Waals surface area contributed by atoms with E-state index in [1.807, 2.05) is 42.5 Å². The van der Waals surface area contributed by atoms with Crippen molar-refractivity contribution in [3.05, 3.63) is 97.0 Å². The number of fused-ring (bicyclic) bond motifs is 1. The zero-order valence-electron chi connectivity index (χ0n) is 23.9. The number of sulfone groups is 2. The molecule has 3 aromatic heterocycles. The Hall–Kier alpha value is -4.19. The smallest absolute Gasteiger partial charge is 0.175 e. The second-order valence-corrected chi connectivity index (χ2v) is 16.5. The van der Waals surface area contributed by atoms with Gasteiger partial charge < -0.3 is 4.98 Å². The SMILES string of the molecule is CC(C)(c1cc(-c2cccc(-c3sc(-c4ncc[nH]4)nc3-c3ccc(S(C)(=O)=O)cc3)c2)c2ncccc2c1)S(C)(=O)=O. The van der Waals surface area contributed by atoms with Gasteiger partial charge in [-0.2, -0.15) is 0 Å². The van der Waals surface area contributed by atoms with E-state index < -0.39 is 24.4 Å². The second-order valence-electron chi connectivity index (χ2n) is 10.9. The maximum absolute atomic E-state index is 12.8. The molecule has 0 aliphatic heterocycles. The van der Waals surface area contributed by atoms with E-state index in [1.165, 1.54) is 23.8 Å². The molecule has 0 radical (unpaired) electrons. The molecule has 0 saturated carbocycles. The Morgan fingerprint density at radius 1 is 0.791 bits per heavy atom. The molecular weight excluding hydrogens is 601 g/mol. The number of pyridine rings is 1. The minimum Gasteiger partial charge on any atom is -0.343 e. The first kappa shape index (κ1) is 28.9. The number of aromatic amines is 1. The second kappa shape index (κ2) is 10.5. The standard InChI is InChI=1S/C32H28N4O4S3/c1-32(2,43(4,39)40)24-18-22-9-6-14-33-27(22)26(19-24)21-7-5-8-23(17-21)29-28(36-31(41-29)30-34-15-16-35-30)20-10-12-25(13-11-20)42(3,37)38/h5-19H,1-4H3,(H,34,35). The molecule has 43 heavy (non-hydrogen) atoms. The highest BCUT2D eigenvalue weighted by Crippen LogP contribution is 2.42. The summed E-state index contributed by atoms with van der Waals surface area (Å²) in [6.45, 7) is 3.43. The van der Waals surface area contributed by atoms with Crippen LogP contribution < -0.4 is 0 Å². The number of benzene rings is 3. The molecule has 0 bridgehead atoms. The highest BCUT2D eigenvalue weighted by atomic mass is 32.2. The largest absolute Gasteiger partial charge is 0.343 e. The fraction of sp³-hybridized carbons (Fsp3) is 0.156. The zero-order valence-corrected chi connectivity index (χ0v) is 26.3. The van der Waals surface area contributed by atoms with Crippen molar-refractivity contribution in [2.75, 3.05) is 12.5 Å². The Morgan fingerprint density at radius 2 is 1.53 bits per heavy atom. The van der Waals surface area contributed by atoms with Gasteiger partial charge in [0.2, 0.25) is 0 Å². The summed E-state index contributed by atoms with van der Waals surface area (Å²) >= 11 is 1.48. The van der Waals surface area contributed by atoms with Crippen molar-refractivity contribution in [3.63, 3.8) is 0 Å². The van der Waals surface area contributed by atoms with Gasteiger partial charge in [0.15, 0.2) is 30.5 Å². The van der Waals surface area contributed by atoms with Gasteiger partial charge in [-0.05, 0) is 66.9 Å². The first-order valence-electron chi connectivity index (χ1n) is 13.3. The maximum Gasteiger partial charge on any atom is 0.175 e. The van der Waals surface area contributed by atoms with Crippen LogP contribution in [-0.2, 0) is 24.4 Å². The number of H-pyrrole nitrogens is 1. The number of hydrogen-bond donors (Lipinski definition) is 1. The molecule has 3 heterocycles. The monoisotopic (exact) mass is 628 g/mol. The van der Waals surface area contributed by atoms with Crippen molar-refractivity contribution in [2.45, 2.75) is 23.5 Å². The minimum absolute atomic E-state index is 0.234. The Kier molecular flexibility index (Phi) is 7.07. The van der Waals surface area contributed by atoms with Gasteiger partial charge in [0.25, 0.3) is 0 Å². The van der Waals surface area contributed by atoms with Crippen molar-refractivity contribution >= 4 is 41.9 Å². The van der Waals surface area contributed by atoms with Crippen LogP contribution in [0.2, 0.25) is 0 Å². The number of nitrogens with zero attached hydrogens (tertiary/aromatic N) is 3. The molecule has 6 rings (SSSR count). The number of thiazole rings is 1. The average molecular weight is 629 g/mol. The number of rotatable bonds is 7. The Balaban J connectivity index is 1.54. The normalized spacial score (nSPS) is 12.6. The molecule has 8 nitrogen and oxygen atoms in total. The van der Waals surface area contributed by atoms with E-state index in [4.69, 9.17) is 4.98 Å². The quantitative estimate of drug-likeness (QED) is 0.207. The third-order valence-electron chi connectivity index (χ3n) is 7.65. The lowest BCUT2D eigenvalue weighted by Gasteiger charge is -2.24. The lowest BCUT2D eigenvalue weighted by molar-refractivity contribution is 0.561. The van der Waals surface area contributed by atoms with Crippen LogP contribution >= 0.6 is 11.3 Å². The molecule has 0 amide bonds. The predicted octanol–water partition coefficient (Wildman–Crippen LogP) is 6.77. The van der Waals surface area contributed by atoms with Crippen molar-refractivity contribution in [2.24, 2.45) is 0 Å². The molecule has 0 aliphatic rings. The third-order valence-corrected chi connectivity index (χ3v) is 12.0. The molecule has 3 aromatic carbocycles. The first-order valence-corrected chi connectivity index (χ1v) is 17.9. The van der Waals surface area contributed by atoms with E-state index >= 15 is 0 Å². The van der Waals surface area contributed by atoms with E-state index in [1.54, 1.807) is 56.7 Å². The van der Waals surface area contributed by atoms with E-state index in [-0.39, 0.29) is 4.90 Å². The fourth-order valence-electron chi connectivity index (χ4n) is 4.86. The van der Waals surface area contributed by atoms with Gasteiger partial charge in [-0.1, -0.05) is 36.4 Å². The van der Waals surface area contributed by atoms with Crippen molar-refractivity contribution in [1.82, 2.24) is 19.9 Å². The maximum atomic E-state index is 12.8. The molecule has 1 N–H and O–H groups in total. The van der Waals surface area contributed by atoms with Crippen LogP contribution in [0.1, 0.15) is 19.4 Å². The summed E-state index contributed by atoms with van der Waals surface area (Å²) in [7, 11) is -6.76. The van der Waals surface area contributed by atoms with Crippen LogP contribution in [0.15, 0.2) is 96.3 Å². The first-order chi connectivity index (χ1) is 20.3. The number of hydrogen-bond acceptors (Lipinski definition) is 8. The topological polar surface area (TPSA) is 123 Å².